The Morgan fingerprint density at radius 2 is 1.71 bits per heavy atom. The summed E-state index contributed by atoms with van der Waals surface area (Å²) in [5.41, 5.74) is 6.24. The summed E-state index contributed by atoms with van der Waals surface area (Å²) in [6, 6.07) is 7.95. The molecule has 372 valence electrons. The van der Waals surface area contributed by atoms with E-state index in [9.17, 15) is 14.7 Å². The number of carbonyl (C=O) groups excluding carboxylic acids is 2. The van der Waals surface area contributed by atoms with Gasteiger partial charge in [0, 0.05) is 79.4 Å². The van der Waals surface area contributed by atoms with E-state index in [1.807, 2.05) is 30.5 Å². The molecular weight excluding hydrogens is 890 g/mol. The number of unbranched alkanes of at least 4 members (excludes halogenated alkanes) is 1. The number of aromatic nitrogens is 1. The van der Waals surface area contributed by atoms with Crippen LogP contribution in [0.5, 0.6) is 5.75 Å². The van der Waals surface area contributed by atoms with Crippen molar-refractivity contribution in [2.75, 3.05) is 59.0 Å². The molecule has 4 aliphatic carbocycles. The fraction of sp³-hybridized carbons (Fsp3) is 0.696. The van der Waals surface area contributed by atoms with Crippen molar-refractivity contribution in [2.24, 2.45) is 40.4 Å². The Labute approximate surface area is 415 Å². The molecule has 9 rings (SSSR count). The Bertz CT molecular complexity index is 2240. The number of rotatable bonds is 21. The number of halogens is 1. The molecule has 2 aliphatic heterocycles. The van der Waals surface area contributed by atoms with Gasteiger partial charge in [-0.1, -0.05) is 56.9 Å². The molecule has 6 aliphatic rings. The molecule has 0 unspecified atom stereocenters. The maximum atomic E-state index is 12.3. The molecule has 2 aromatic heterocycles. The van der Waals surface area contributed by atoms with E-state index in [0.29, 0.717) is 15.9 Å². The summed E-state index contributed by atoms with van der Waals surface area (Å²) < 4.78 is 13.8. The molecule has 4 heterocycles. The summed E-state index contributed by atoms with van der Waals surface area (Å²) in [5.74, 6) is 4.90. The van der Waals surface area contributed by atoms with E-state index in [1.54, 1.807) is 16.9 Å². The van der Waals surface area contributed by atoms with Crippen molar-refractivity contribution < 1.29 is 24.2 Å². The largest absolute Gasteiger partial charge is 0.489 e. The number of nitrogens with one attached hydrogen (secondary N) is 2. The first-order valence-corrected chi connectivity index (χ1v) is 27.9. The van der Waals surface area contributed by atoms with Gasteiger partial charge in [0.2, 0.25) is 11.8 Å². The van der Waals surface area contributed by atoms with Crippen LogP contribution in [-0.4, -0.2) is 103 Å². The lowest BCUT2D eigenvalue weighted by Gasteiger charge is -2.58. The summed E-state index contributed by atoms with van der Waals surface area (Å²) in [7, 11) is 0. The molecule has 1 aromatic carbocycles. The molecule has 10 nitrogen and oxygen atoms in total. The third-order valence-electron chi connectivity index (χ3n) is 18.1. The third kappa shape index (κ3) is 10.9. The predicted octanol–water partition coefficient (Wildman–Crippen LogP) is 10.7. The maximum absolute atomic E-state index is 12.3. The number of aliphatic hydroxyl groups excluding tert-OH is 1. The highest BCUT2D eigenvalue weighted by atomic mass is 35.5. The molecule has 5 fully saturated rings. The normalized spacial score (nSPS) is 29.3. The fourth-order valence-corrected chi connectivity index (χ4v) is 15.7. The Kier molecular flexibility index (Phi) is 16.4. The van der Waals surface area contributed by atoms with Crippen molar-refractivity contribution in [3.63, 3.8) is 0 Å². The molecule has 3 aromatic rings. The number of likely N-dealkylation sites (tertiary alicyclic amines) is 2. The number of piperidine rings is 1. The van der Waals surface area contributed by atoms with Crippen molar-refractivity contribution >= 4 is 45.0 Å². The lowest BCUT2D eigenvalue weighted by atomic mass is 9.47. The third-order valence-corrected chi connectivity index (χ3v) is 19.4. The predicted molar refractivity (Wildman–Crippen MR) is 275 cm³/mol. The van der Waals surface area contributed by atoms with Crippen LogP contribution in [0.4, 0.5) is 0 Å². The SMILES string of the molecule is Cc1cc(Cl)cc(-c2ccnc3cc(CN4C(=O)CCC4=O)sc23)c1OC1CCN(CCNCCCOCCNCCCC[C@@H](C)[C@H]2CC[C@H]3[C@@H]4CC=C5C[C@@H](O)CC[C@]5(C)[C@H]4CC[C@]23C)CC1. The smallest absolute Gasteiger partial charge is 0.230 e. The number of nitrogens with zero attached hydrogens (tertiary/aromatic N) is 3. The van der Waals surface area contributed by atoms with Gasteiger partial charge in [-0.05, 0) is 167 Å². The molecule has 12 heteroatoms. The summed E-state index contributed by atoms with van der Waals surface area (Å²) in [5, 5.41) is 18.3. The van der Waals surface area contributed by atoms with Gasteiger partial charge in [0.1, 0.15) is 11.9 Å². The first-order valence-electron chi connectivity index (χ1n) is 26.7. The number of hydrogen-bond donors (Lipinski definition) is 3. The molecule has 2 amide bonds. The van der Waals surface area contributed by atoms with Gasteiger partial charge < -0.3 is 30.1 Å². The first kappa shape index (κ1) is 50.1. The van der Waals surface area contributed by atoms with Crippen molar-refractivity contribution in [3.8, 4) is 16.9 Å². The zero-order chi connectivity index (χ0) is 47.4. The Morgan fingerprint density at radius 1 is 0.912 bits per heavy atom. The standard InChI is InChI=1S/C56H80ClN5O5S/c1-37(47-11-12-48-45-10-9-39-33-41(63)15-20-55(39,3)49(45)16-21-56(47,48)4)8-5-6-22-59-26-31-66-30-7-23-58-25-29-61-27-18-42(19-28-61)67-53-38(2)32-40(57)34-46(53)44-17-24-60-50-35-43(68-54(44)50)36-62-51(64)13-14-52(62)65/h9,17,24,32,34-35,37,41-42,45,47-49,58-59,63H,5-8,10-16,18-23,25-31,33,36H2,1-4H3/t37-,41+,45+,47-,48+,49+,55+,56-/m1/s1. The van der Waals surface area contributed by atoms with Crippen LogP contribution in [-0.2, 0) is 20.9 Å². The van der Waals surface area contributed by atoms with E-state index < -0.39 is 0 Å². The number of carbonyl (C=O) groups is 2. The number of benzene rings is 1. The van der Waals surface area contributed by atoms with Gasteiger partial charge >= 0.3 is 0 Å². The summed E-state index contributed by atoms with van der Waals surface area (Å²) in [4.78, 5) is 34.1. The highest BCUT2D eigenvalue weighted by molar-refractivity contribution is 7.19. The van der Waals surface area contributed by atoms with Crippen LogP contribution in [0, 0.1) is 47.3 Å². The van der Waals surface area contributed by atoms with E-state index in [-0.39, 0.29) is 43.4 Å². The molecule has 0 bridgehead atoms. The average molecular weight is 971 g/mol. The zero-order valence-corrected chi connectivity index (χ0v) is 43.2. The number of hydrogen-bond acceptors (Lipinski definition) is 10. The molecule has 3 saturated carbocycles. The van der Waals surface area contributed by atoms with Crippen molar-refractivity contribution in [2.45, 2.75) is 149 Å². The van der Waals surface area contributed by atoms with Crippen molar-refractivity contribution in [1.82, 2.24) is 25.4 Å². The minimum absolute atomic E-state index is 0.109. The van der Waals surface area contributed by atoms with Gasteiger partial charge in [0.25, 0.3) is 0 Å². The van der Waals surface area contributed by atoms with E-state index in [0.717, 1.165) is 158 Å². The number of aryl methyl sites for hydroxylation is 1. The van der Waals surface area contributed by atoms with Gasteiger partial charge in [-0.3, -0.25) is 19.5 Å². The summed E-state index contributed by atoms with van der Waals surface area (Å²) >= 11 is 8.22. The molecule has 3 N–H and O–H groups in total. The molecule has 8 atom stereocenters. The molecule has 68 heavy (non-hydrogen) atoms. The van der Waals surface area contributed by atoms with E-state index in [2.05, 4.69) is 54.3 Å². The monoisotopic (exact) mass is 970 g/mol. The summed E-state index contributed by atoms with van der Waals surface area (Å²) in [6.45, 7) is 18.7. The topological polar surface area (TPSA) is 116 Å². The van der Waals surface area contributed by atoms with Gasteiger partial charge in [0.05, 0.1) is 29.5 Å². The van der Waals surface area contributed by atoms with E-state index >= 15 is 0 Å². The van der Waals surface area contributed by atoms with E-state index in [1.165, 1.54) is 62.7 Å². The minimum atomic E-state index is -0.113. The fourth-order valence-electron chi connectivity index (χ4n) is 14.3. The number of pyridine rings is 1. The second-order valence-electron chi connectivity index (χ2n) is 22.2. The Morgan fingerprint density at radius 3 is 2.53 bits per heavy atom. The lowest BCUT2D eigenvalue weighted by molar-refractivity contribution is -0.139. The number of ether oxygens (including phenoxy) is 2. The van der Waals surface area contributed by atoms with Crippen molar-refractivity contribution in [1.29, 1.82) is 0 Å². The Hall–Kier alpha value is -2.90. The van der Waals surface area contributed by atoms with Crippen LogP contribution in [0.15, 0.2) is 42.1 Å². The minimum Gasteiger partial charge on any atom is -0.489 e. The van der Waals surface area contributed by atoms with Gasteiger partial charge in [-0.15, -0.1) is 11.3 Å². The molecular formula is C56H80ClN5O5S. The number of fused-ring (bicyclic) bond motifs is 6. The van der Waals surface area contributed by atoms with Crippen LogP contribution in [0.2, 0.25) is 5.02 Å². The summed E-state index contributed by atoms with van der Waals surface area (Å²) in [6.07, 6.45) is 21.9. The van der Waals surface area contributed by atoms with Crippen LogP contribution in [0.25, 0.3) is 21.3 Å². The number of thiophene rings is 1. The van der Waals surface area contributed by atoms with Crippen LogP contribution in [0.3, 0.4) is 0 Å². The molecule has 2 saturated heterocycles. The Balaban J connectivity index is 0.614. The maximum Gasteiger partial charge on any atom is 0.230 e. The van der Waals surface area contributed by atoms with E-state index in [4.69, 9.17) is 21.1 Å². The number of allylic oxidation sites excluding steroid dienone is 1. The second-order valence-corrected chi connectivity index (χ2v) is 23.8. The van der Waals surface area contributed by atoms with Gasteiger partial charge in [0.15, 0.2) is 0 Å². The molecule has 0 radical (unpaired) electrons. The number of aliphatic hydroxyl groups is 1. The van der Waals surface area contributed by atoms with Crippen LogP contribution in [0.1, 0.15) is 134 Å². The number of imide groups is 1. The quantitative estimate of drug-likeness (QED) is 0.0545. The lowest BCUT2D eigenvalue weighted by Crippen LogP contribution is -2.50. The average Bonchev–Trinajstić information content (AvgIpc) is 4.01. The first-order chi connectivity index (χ1) is 32.9. The highest BCUT2D eigenvalue weighted by Crippen LogP contribution is 2.67. The highest BCUT2D eigenvalue weighted by Gasteiger charge is 2.59. The molecule has 0 spiro atoms. The number of amides is 2. The van der Waals surface area contributed by atoms with Gasteiger partial charge in [-0.2, -0.15) is 0 Å². The second kappa shape index (κ2) is 22.3. The zero-order valence-electron chi connectivity index (χ0n) is 41.6. The van der Waals surface area contributed by atoms with Gasteiger partial charge in [-0.25, -0.2) is 0 Å². The van der Waals surface area contributed by atoms with Crippen LogP contribution < -0.4 is 15.4 Å². The van der Waals surface area contributed by atoms with Crippen molar-refractivity contribution in [3.05, 3.63) is 57.6 Å². The van der Waals surface area contributed by atoms with Crippen LogP contribution >= 0.6 is 22.9 Å².